The number of rotatable bonds is 2. The molecule has 0 radical (unpaired) electrons. The lowest BCUT2D eigenvalue weighted by Crippen LogP contribution is -2.28. The van der Waals surface area contributed by atoms with E-state index in [-0.39, 0.29) is 5.69 Å². The maximum absolute atomic E-state index is 11.7. The van der Waals surface area contributed by atoms with Gasteiger partial charge in [0, 0.05) is 23.6 Å². The summed E-state index contributed by atoms with van der Waals surface area (Å²) in [5.74, 6) is 0. The molecule has 3 nitrogen and oxygen atoms in total. The fourth-order valence-electron chi connectivity index (χ4n) is 2.16. The summed E-state index contributed by atoms with van der Waals surface area (Å²) >= 11 is 1.71. The van der Waals surface area contributed by atoms with E-state index in [1.165, 1.54) is 24.1 Å². The highest BCUT2D eigenvalue weighted by Crippen LogP contribution is 2.29. The van der Waals surface area contributed by atoms with E-state index in [1.54, 1.807) is 16.3 Å². The predicted molar refractivity (Wildman–Crippen MR) is 67.1 cm³/mol. The lowest BCUT2D eigenvalue weighted by Gasteiger charge is -2.21. The molecule has 0 amide bonds. The van der Waals surface area contributed by atoms with Gasteiger partial charge in [0.2, 0.25) is 0 Å². The molecule has 0 atom stereocenters. The number of hydrogen-bond acceptors (Lipinski definition) is 3. The molecule has 0 saturated heterocycles. The van der Waals surface area contributed by atoms with E-state index in [0.717, 1.165) is 17.9 Å². The lowest BCUT2D eigenvalue weighted by atomic mass is 9.97. The van der Waals surface area contributed by atoms with Crippen molar-refractivity contribution in [2.75, 3.05) is 0 Å². The number of nitrogens with zero attached hydrogens (tertiary/aromatic N) is 2. The molecular formula is C12H18N2OS. The molecule has 0 N–H and O–H groups in total. The second-order valence-electron chi connectivity index (χ2n) is 4.56. The quantitative estimate of drug-likeness (QED) is 0.585. The van der Waals surface area contributed by atoms with E-state index in [0.29, 0.717) is 5.25 Å². The molecule has 1 heterocycles. The highest BCUT2D eigenvalue weighted by molar-refractivity contribution is 7.99. The minimum absolute atomic E-state index is 0.108. The largest absolute Gasteiger partial charge is 0.348 e. The molecule has 1 aromatic rings. The van der Waals surface area contributed by atoms with Crippen LogP contribution in [0.5, 0.6) is 0 Å². The number of aromatic nitrogens is 2. The molecule has 88 valence electrons. The first-order valence-electron chi connectivity index (χ1n) is 5.85. The third-order valence-corrected chi connectivity index (χ3v) is 3.97. The number of thioether (sulfide) groups is 1. The molecule has 0 spiro atoms. The molecule has 1 aromatic heterocycles. The summed E-state index contributed by atoms with van der Waals surface area (Å²) in [5, 5.41) is 1.44. The van der Waals surface area contributed by atoms with Gasteiger partial charge in [-0.2, -0.15) is 4.98 Å². The summed E-state index contributed by atoms with van der Waals surface area (Å²) in [4.78, 5) is 15.9. The summed E-state index contributed by atoms with van der Waals surface area (Å²) in [6.45, 7) is 4.28. The Labute approximate surface area is 100 Å². The van der Waals surface area contributed by atoms with Gasteiger partial charge in [0.05, 0.1) is 0 Å². The monoisotopic (exact) mass is 238 g/mol. The van der Waals surface area contributed by atoms with Gasteiger partial charge in [0.1, 0.15) is 5.03 Å². The van der Waals surface area contributed by atoms with Crippen LogP contribution in [0.15, 0.2) is 9.82 Å². The fraction of sp³-hybridized carbons (Fsp3) is 0.667. The highest BCUT2D eigenvalue weighted by atomic mass is 32.2. The SMILES string of the molecule is CC(C)Sc1nc(=O)n(C)c2c1CCCC2. The Balaban J connectivity index is 2.52. The Kier molecular flexibility index (Phi) is 3.38. The summed E-state index contributed by atoms with van der Waals surface area (Å²) in [7, 11) is 1.84. The van der Waals surface area contributed by atoms with Crippen LogP contribution in [0.4, 0.5) is 0 Å². The molecule has 0 unspecified atom stereocenters. The van der Waals surface area contributed by atoms with Gasteiger partial charge in [-0.25, -0.2) is 4.79 Å². The maximum Gasteiger partial charge on any atom is 0.348 e. The third-order valence-electron chi connectivity index (χ3n) is 2.93. The second kappa shape index (κ2) is 4.62. The van der Waals surface area contributed by atoms with Crippen LogP contribution in [-0.2, 0) is 19.9 Å². The van der Waals surface area contributed by atoms with Gasteiger partial charge in [-0.3, -0.25) is 4.57 Å². The van der Waals surface area contributed by atoms with Gasteiger partial charge in [-0.15, -0.1) is 11.8 Å². The molecule has 0 aromatic carbocycles. The van der Waals surface area contributed by atoms with Crippen LogP contribution in [0.1, 0.15) is 37.9 Å². The molecular weight excluding hydrogens is 220 g/mol. The van der Waals surface area contributed by atoms with Gasteiger partial charge in [0.15, 0.2) is 0 Å². The topological polar surface area (TPSA) is 34.9 Å². The van der Waals surface area contributed by atoms with E-state index in [2.05, 4.69) is 18.8 Å². The summed E-state index contributed by atoms with van der Waals surface area (Å²) in [6.07, 6.45) is 4.51. The molecule has 0 saturated carbocycles. The standard InChI is InChI=1S/C12H18N2OS/c1-8(2)16-11-9-6-4-5-7-10(9)14(3)12(15)13-11/h8H,4-7H2,1-3H3. The first-order chi connectivity index (χ1) is 7.59. The molecule has 1 aliphatic carbocycles. The average Bonchev–Trinajstić information content (AvgIpc) is 2.25. The minimum atomic E-state index is -0.108. The predicted octanol–water partition coefficient (Wildman–Crippen LogP) is 2.16. The molecule has 0 bridgehead atoms. The smallest absolute Gasteiger partial charge is 0.299 e. The van der Waals surface area contributed by atoms with Gasteiger partial charge in [0.25, 0.3) is 0 Å². The highest BCUT2D eigenvalue weighted by Gasteiger charge is 2.19. The lowest BCUT2D eigenvalue weighted by molar-refractivity contribution is 0.591. The first kappa shape index (κ1) is 11.7. The van der Waals surface area contributed by atoms with Crippen molar-refractivity contribution >= 4 is 11.8 Å². The van der Waals surface area contributed by atoms with E-state index in [1.807, 2.05) is 7.05 Å². The van der Waals surface area contributed by atoms with Crippen molar-refractivity contribution in [1.82, 2.24) is 9.55 Å². The Bertz CT molecular complexity index is 451. The molecule has 2 rings (SSSR count). The van der Waals surface area contributed by atoms with Crippen molar-refractivity contribution in [3.05, 3.63) is 21.7 Å². The Morgan fingerprint density at radius 2 is 2.00 bits per heavy atom. The van der Waals surface area contributed by atoms with Gasteiger partial charge < -0.3 is 0 Å². The maximum atomic E-state index is 11.7. The van der Waals surface area contributed by atoms with Crippen molar-refractivity contribution in [3.63, 3.8) is 0 Å². The zero-order chi connectivity index (χ0) is 11.7. The zero-order valence-electron chi connectivity index (χ0n) is 10.1. The molecule has 0 fully saturated rings. The van der Waals surface area contributed by atoms with E-state index in [9.17, 15) is 4.79 Å². The van der Waals surface area contributed by atoms with Crippen LogP contribution < -0.4 is 5.69 Å². The molecule has 4 heteroatoms. The van der Waals surface area contributed by atoms with Crippen molar-refractivity contribution < 1.29 is 0 Å². The zero-order valence-corrected chi connectivity index (χ0v) is 10.9. The molecule has 1 aliphatic rings. The Hall–Kier alpha value is -0.770. The summed E-state index contributed by atoms with van der Waals surface area (Å²) in [5.41, 5.74) is 2.41. The van der Waals surface area contributed by atoms with Crippen molar-refractivity contribution in [2.24, 2.45) is 7.05 Å². The van der Waals surface area contributed by atoms with E-state index < -0.39 is 0 Å². The third kappa shape index (κ3) is 2.17. The van der Waals surface area contributed by atoms with Crippen LogP contribution in [0.2, 0.25) is 0 Å². The normalized spacial score (nSPS) is 15.2. The van der Waals surface area contributed by atoms with Crippen molar-refractivity contribution in [2.45, 2.75) is 49.8 Å². The number of hydrogen-bond donors (Lipinski definition) is 0. The van der Waals surface area contributed by atoms with Crippen LogP contribution >= 0.6 is 11.8 Å². The fourth-order valence-corrected chi connectivity index (χ4v) is 3.09. The molecule has 16 heavy (non-hydrogen) atoms. The molecule has 0 aliphatic heterocycles. The Morgan fingerprint density at radius 1 is 1.31 bits per heavy atom. The number of fused-ring (bicyclic) bond motifs is 1. The van der Waals surface area contributed by atoms with Crippen LogP contribution in [0.25, 0.3) is 0 Å². The van der Waals surface area contributed by atoms with Gasteiger partial charge in [-0.1, -0.05) is 13.8 Å². The van der Waals surface area contributed by atoms with E-state index >= 15 is 0 Å². The summed E-state index contributed by atoms with van der Waals surface area (Å²) in [6, 6.07) is 0. The van der Waals surface area contributed by atoms with Gasteiger partial charge >= 0.3 is 5.69 Å². The van der Waals surface area contributed by atoms with Crippen LogP contribution in [0, 0.1) is 0 Å². The van der Waals surface area contributed by atoms with Crippen LogP contribution in [-0.4, -0.2) is 14.8 Å². The summed E-state index contributed by atoms with van der Waals surface area (Å²) < 4.78 is 1.72. The second-order valence-corrected chi connectivity index (χ2v) is 6.12. The van der Waals surface area contributed by atoms with E-state index in [4.69, 9.17) is 0 Å². The van der Waals surface area contributed by atoms with Crippen molar-refractivity contribution in [3.8, 4) is 0 Å². The van der Waals surface area contributed by atoms with Crippen molar-refractivity contribution in [1.29, 1.82) is 0 Å². The van der Waals surface area contributed by atoms with Gasteiger partial charge in [-0.05, 0) is 25.7 Å². The minimum Gasteiger partial charge on any atom is -0.299 e. The Morgan fingerprint density at radius 3 is 2.69 bits per heavy atom. The first-order valence-corrected chi connectivity index (χ1v) is 6.73. The average molecular weight is 238 g/mol. The van der Waals surface area contributed by atoms with Crippen LogP contribution in [0.3, 0.4) is 0 Å².